The largest absolute Gasteiger partial charge is 0.272 e. The number of amides is 1. The zero-order valence-corrected chi connectivity index (χ0v) is 17.5. The molecule has 0 fully saturated rings. The Labute approximate surface area is 174 Å². The molecular weight excluding hydrogens is 417 g/mol. The van der Waals surface area contributed by atoms with Crippen molar-refractivity contribution in [3.05, 3.63) is 93.5 Å². The summed E-state index contributed by atoms with van der Waals surface area (Å²) >= 11 is 12.0. The molecule has 4 nitrogen and oxygen atoms in total. The molecule has 7 heteroatoms. The van der Waals surface area contributed by atoms with Crippen molar-refractivity contribution in [3.8, 4) is 0 Å². The topological polar surface area (TPSA) is 54.5 Å². The van der Waals surface area contributed by atoms with Crippen LogP contribution in [-0.2, 0) is 10.0 Å². The lowest BCUT2D eigenvalue weighted by atomic mass is 10.1. The van der Waals surface area contributed by atoms with E-state index in [1.165, 1.54) is 30.3 Å². The molecule has 1 amide bonds. The summed E-state index contributed by atoms with van der Waals surface area (Å²) in [6.07, 6.45) is 0. The number of carbonyl (C=O) groups excluding carboxylic acids is 1. The van der Waals surface area contributed by atoms with E-state index in [0.29, 0.717) is 11.3 Å². The van der Waals surface area contributed by atoms with Crippen LogP contribution in [0.1, 0.15) is 21.5 Å². The van der Waals surface area contributed by atoms with E-state index in [9.17, 15) is 13.2 Å². The number of hydrogen-bond acceptors (Lipinski definition) is 3. The zero-order chi connectivity index (χ0) is 20.5. The minimum Gasteiger partial charge on any atom is -0.268 e. The summed E-state index contributed by atoms with van der Waals surface area (Å²) in [4.78, 5) is 13.4. The van der Waals surface area contributed by atoms with Crippen LogP contribution in [0.4, 0.5) is 5.69 Å². The first kappa shape index (κ1) is 20.4. The number of halogens is 2. The van der Waals surface area contributed by atoms with Crippen LogP contribution in [0.15, 0.2) is 71.6 Å². The quantitative estimate of drug-likeness (QED) is 0.534. The molecule has 3 rings (SSSR count). The summed E-state index contributed by atoms with van der Waals surface area (Å²) in [6.45, 7) is 3.59. The average Bonchev–Trinajstić information content (AvgIpc) is 2.67. The first-order valence-electron chi connectivity index (χ1n) is 8.39. The Bertz CT molecular complexity index is 1150. The van der Waals surface area contributed by atoms with E-state index in [1.54, 1.807) is 37.3 Å². The molecule has 3 aromatic carbocycles. The smallest absolute Gasteiger partial charge is 0.268 e. The highest BCUT2D eigenvalue weighted by atomic mass is 35.5. The second kappa shape index (κ2) is 7.95. The molecule has 0 radical (unpaired) electrons. The number of anilines is 1. The molecule has 0 aliphatic heterocycles. The van der Waals surface area contributed by atoms with Gasteiger partial charge in [-0.3, -0.25) is 4.79 Å². The van der Waals surface area contributed by atoms with Crippen LogP contribution in [-0.4, -0.2) is 14.3 Å². The van der Waals surface area contributed by atoms with E-state index >= 15 is 0 Å². The van der Waals surface area contributed by atoms with E-state index in [4.69, 9.17) is 23.2 Å². The van der Waals surface area contributed by atoms with Crippen LogP contribution in [0.3, 0.4) is 0 Å². The van der Waals surface area contributed by atoms with Crippen LogP contribution < -0.4 is 4.31 Å². The van der Waals surface area contributed by atoms with Gasteiger partial charge in [0.1, 0.15) is 0 Å². The van der Waals surface area contributed by atoms with Crippen molar-refractivity contribution in [2.75, 3.05) is 4.31 Å². The Morgan fingerprint density at radius 3 is 2.18 bits per heavy atom. The molecule has 0 unspecified atom stereocenters. The highest BCUT2D eigenvalue weighted by molar-refractivity contribution is 7.93. The fraction of sp³-hybridized carbons (Fsp3) is 0.0952. The minimum atomic E-state index is -4.16. The second-order valence-electron chi connectivity index (χ2n) is 6.31. The molecule has 28 heavy (non-hydrogen) atoms. The van der Waals surface area contributed by atoms with Gasteiger partial charge in [0.15, 0.2) is 0 Å². The van der Waals surface area contributed by atoms with Crippen molar-refractivity contribution < 1.29 is 13.2 Å². The van der Waals surface area contributed by atoms with Gasteiger partial charge < -0.3 is 0 Å². The van der Waals surface area contributed by atoms with Gasteiger partial charge in [-0.05, 0) is 61.4 Å². The van der Waals surface area contributed by atoms with Crippen molar-refractivity contribution in [2.45, 2.75) is 18.7 Å². The van der Waals surface area contributed by atoms with Gasteiger partial charge in [0, 0.05) is 5.56 Å². The number of aryl methyl sites for hydroxylation is 2. The Morgan fingerprint density at radius 1 is 0.857 bits per heavy atom. The number of rotatable bonds is 4. The number of sulfonamides is 1. The molecule has 0 heterocycles. The Morgan fingerprint density at radius 2 is 1.54 bits per heavy atom. The third-order valence-electron chi connectivity index (χ3n) is 4.22. The first-order chi connectivity index (χ1) is 13.2. The second-order valence-corrected chi connectivity index (χ2v) is 8.91. The molecule has 3 aromatic rings. The summed E-state index contributed by atoms with van der Waals surface area (Å²) in [5, 5.41) is 0.452. The zero-order valence-electron chi connectivity index (χ0n) is 15.2. The molecule has 0 N–H and O–H groups in total. The minimum absolute atomic E-state index is 0.0179. The lowest BCUT2D eigenvalue weighted by Crippen LogP contribution is -2.37. The van der Waals surface area contributed by atoms with Gasteiger partial charge >= 0.3 is 0 Å². The monoisotopic (exact) mass is 433 g/mol. The molecule has 0 bridgehead atoms. The van der Waals surface area contributed by atoms with Gasteiger partial charge in [0.2, 0.25) is 0 Å². The third-order valence-corrected chi connectivity index (χ3v) is 6.67. The molecule has 0 aromatic heterocycles. The lowest BCUT2D eigenvalue weighted by Gasteiger charge is -2.25. The SMILES string of the molecule is Cc1ccc(C)c(N(C(=O)c2ccc(Cl)c(Cl)c2)S(=O)(=O)c2ccccc2)c1. The maximum Gasteiger partial charge on any atom is 0.272 e. The van der Waals surface area contributed by atoms with Crippen LogP contribution in [0.25, 0.3) is 0 Å². The van der Waals surface area contributed by atoms with E-state index in [2.05, 4.69) is 0 Å². The standard InChI is InChI=1S/C21H17Cl2NO3S/c1-14-8-9-15(2)20(12-14)24(28(26,27)17-6-4-3-5-7-17)21(25)16-10-11-18(22)19(23)13-16/h3-13H,1-2H3. The summed E-state index contributed by atoms with van der Waals surface area (Å²) in [7, 11) is -4.16. The van der Waals surface area contributed by atoms with Gasteiger partial charge in [0.05, 0.1) is 20.6 Å². The molecule has 0 saturated carbocycles. The van der Waals surface area contributed by atoms with Crippen LogP contribution in [0, 0.1) is 13.8 Å². The fourth-order valence-electron chi connectivity index (χ4n) is 2.73. The number of benzene rings is 3. The Balaban J connectivity index is 2.24. The molecule has 144 valence electrons. The van der Waals surface area contributed by atoms with E-state index in [0.717, 1.165) is 9.87 Å². The van der Waals surface area contributed by atoms with Crippen LogP contribution >= 0.6 is 23.2 Å². The molecule has 0 saturated heterocycles. The fourth-order valence-corrected chi connectivity index (χ4v) is 4.52. The Hall–Kier alpha value is -2.34. The van der Waals surface area contributed by atoms with Gasteiger partial charge in [-0.2, -0.15) is 4.31 Å². The van der Waals surface area contributed by atoms with Crippen molar-refractivity contribution in [1.29, 1.82) is 0 Å². The van der Waals surface area contributed by atoms with E-state index in [1.807, 2.05) is 13.0 Å². The first-order valence-corrected chi connectivity index (χ1v) is 10.6. The summed E-state index contributed by atoms with van der Waals surface area (Å²) in [5.74, 6) is -0.712. The van der Waals surface area contributed by atoms with Gasteiger partial charge in [-0.1, -0.05) is 53.5 Å². The molecule has 0 spiro atoms. The van der Waals surface area contributed by atoms with Gasteiger partial charge in [-0.15, -0.1) is 0 Å². The van der Waals surface area contributed by atoms with E-state index in [-0.39, 0.29) is 20.5 Å². The van der Waals surface area contributed by atoms with Crippen molar-refractivity contribution in [3.63, 3.8) is 0 Å². The summed E-state index contributed by atoms with van der Waals surface area (Å²) in [5.41, 5.74) is 1.89. The van der Waals surface area contributed by atoms with Gasteiger partial charge in [-0.25, -0.2) is 8.42 Å². The van der Waals surface area contributed by atoms with Gasteiger partial charge in [0.25, 0.3) is 15.9 Å². The van der Waals surface area contributed by atoms with Crippen molar-refractivity contribution in [2.24, 2.45) is 0 Å². The predicted molar refractivity (Wildman–Crippen MR) is 113 cm³/mol. The molecule has 0 aliphatic rings. The third kappa shape index (κ3) is 3.92. The maximum atomic E-state index is 13.4. The highest BCUT2D eigenvalue weighted by Crippen LogP contribution is 2.31. The summed E-state index contributed by atoms with van der Waals surface area (Å²) < 4.78 is 27.6. The number of carbonyl (C=O) groups is 1. The Kier molecular flexibility index (Phi) is 5.79. The molecule has 0 aliphatic carbocycles. The normalized spacial score (nSPS) is 11.3. The van der Waals surface area contributed by atoms with E-state index < -0.39 is 15.9 Å². The highest BCUT2D eigenvalue weighted by Gasteiger charge is 2.33. The number of hydrogen-bond donors (Lipinski definition) is 0. The molecule has 0 atom stereocenters. The average molecular weight is 434 g/mol. The molecular formula is C21H17Cl2NO3S. The van der Waals surface area contributed by atoms with Crippen molar-refractivity contribution >= 4 is 44.8 Å². The van der Waals surface area contributed by atoms with Crippen LogP contribution in [0.2, 0.25) is 10.0 Å². The lowest BCUT2D eigenvalue weighted by molar-refractivity contribution is 0.100. The maximum absolute atomic E-state index is 13.4. The predicted octanol–water partition coefficient (Wildman–Crippen LogP) is 5.65. The number of nitrogens with zero attached hydrogens (tertiary/aromatic N) is 1. The summed E-state index contributed by atoms with van der Waals surface area (Å²) in [6, 6.07) is 17.4. The van der Waals surface area contributed by atoms with Crippen LogP contribution in [0.5, 0.6) is 0 Å². The van der Waals surface area contributed by atoms with Crippen molar-refractivity contribution in [1.82, 2.24) is 0 Å².